The summed E-state index contributed by atoms with van der Waals surface area (Å²) in [6.45, 7) is -2.04. The van der Waals surface area contributed by atoms with E-state index in [2.05, 4.69) is 10.3 Å². The number of nitrogens with zero attached hydrogens (tertiary/aromatic N) is 2. The first-order valence-electron chi connectivity index (χ1n) is 10.4. The van der Waals surface area contributed by atoms with Gasteiger partial charge in [0.05, 0.1) is 19.0 Å². The molecule has 0 bridgehead atoms. The van der Waals surface area contributed by atoms with Crippen LogP contribution in [0.1, 0.15) is 47.6 Å². The lowest BCUT2D eigenvalue weighted by molar-refractivity contribution is -0.0502. The van der Waals surface area contributed by atoms with E-state index in [0.717, 1.165) is 37.0 Å². The van der Waals surface area contributed by atoms with E-state index in [9.17, 15) is 13.6 Å². The second kappa shape index (κ2) is 7.92. The minimum absolute atomic E-state index is 0.0746. The molecular formula is C23H23F2N3O3. The highest BCUT2D eigenvalue weighted by molar-refractivity contribution is 6.02. The number of nitrogens with one attached hydrogen (secondary N) is 1. The normalized spacial score (nSPS) is 18.3. The van der Waals surface area contributed by atoms with Crippen molar-refractivity contribution in [2.24, 2.45) is 5.92 Å². The number of rotatable bonds is 8. The maximum atomic E-state index is 13.2. The molecule has 1 unspecified atom stereocenters. The van der Waals surface area contributed by atoms with E-state index in [1.54, 1.807) is 12.3 Å². The van der Waals surface area contributed by atoms with Crippen molar-refractivity contribution in [3.05, 3.63) is 47.8 Å². The van der Waals surface area contributed by atoms with Crippen molar-refractivity contribution in [1.29, 1.82) is 0 Å². The van der Waals surface area contributed by atoms with E-state index >= 15 is 0 Å². The van der Waals surface area contributed by atoms with Gasteiger partial charge in [-0.3, -0.25) is 9.20 Å². The molecule has 31 heavy (non-hydrogen) atoms. The Hall–Kier alpha value is -3.00. The van der Waals surface area contributed by atoms with Crippen molar-refractivity contribution in [2.45, 2.75) is 38.3 Å². The molecule has 0 spiro atoms. The molecule has 1 saturated heterocycles. The van der Waals surface area contributed by atoms with Crippen molar-refractivity contribution in [3.63, 3.8) is 0 Å². The van der Waals surface area contributed by atoms with Crippen LogP contribution in [-0.4, -0.2) is 35.4 Å². The van der Waals surface area contributed by atoms with E-state index in [0.29, 0.717) is 29.6 Å². The van der Waals surface area contributed by atoms with Gasteiger partial charge in [-0.2, -0.15) is 8.78 Å². The number of hydrogen-bond acceptors (Lipinski definition) is 5. The Morgan fingerprint density at radius 1 is 1.26 bits per heavy atom. The molecule has 1 aliphatic carbocycles. The molecule has 0 radical (unpaired) electrons. The van der Waals surface area contributed by atoms with Gasteiger partial charge in [0.15, 0.2) is 5.78 Å². The first-order valence-corrected chi connectivity index (χ1v) is 10.4. The van der Waals surface area contributed by atoms with Gasteiger partial charge >= 0.3 is 6.61 Å². The fraction of sp³-hybridized carbons (Fsp3) is 0.391. The Morgan fingerprint density at radius 3 is 2.68 bits per heavy atom. The van der Waals surface area contributed by atoms with Gasteiger partial charge in [0, 0.05) is 24.2 Å². The molecule has 1 aliphatic heterocycles. The number of alkyl halides is 2. The molecule has 1 aromatic carbocycles. The summed E-state index contributed by atoms with van der Waals surface area (Å²) < 4.78 is 38.4. The third-order valence-electron chi connectivity index (χ3n) is 6.01. The van der Waals surface area contributed by atoms with Crippen LogP contribution in [0.25, 0.3) is 16.9 Å². The molecule has 8 heteroatoms. The molecule has 162 valence electrons. The smallest absolute Gasteiger partial charge is 0.387 e. The second-order valence-corrected chi connectivity index (χ2v) is 8.13. The fourth-order valence-electron chi connectivity index (χ4n) is 4.05. The number of pyridine rings is 1. The standard InChI is InChI=1S/C23H23F2N3O3/c1-30-19-9-15(10-20(31-23(24)25)22(19)18(29)8-13-2-3-13)17-12-27-21-11-14(5-7-28(17)21)16-4-6-26-16/h5,7,9-13,16,23,26H,2-4,6,8H2,1H3. The molecule has 0 amide bonds. The maximum Gasteiger partial charge on any atom is 0.387 e. The summed E-state index contributed by atoms with van der Waals surface area (Å²) >= 11 is 0. The molecule has 1 saturated carbocycles. The van der Waals surface area contributed by atoms with Gasteiger partial charge in [-0.05, 0) is 61.6 Å². The maximum absolute atomic E-state index is 13.2. The van der Waals surface area contributed by atoms with Crippen molar-refractivity contribution in [3.8, 4) is 22.8 Å². The van der Waals surface area contributed by atoms with Gasteiger partial charge in [-0.25, -0.2) is 4.98 Å². The molecule has 6 nitrogen and oxygen atoms in total. The predicted octanol–water partition coefficient (Wildman–Crippen LogP) is 4.63. The average molecular weight is 427 g/mol. The summed E-state index contributed by atoms with van der Waals surface area (Å²) in [6, 6.07) is 7.54. The number of aromatic nitrogens is 2. The van der Waals surface area contributed by atoms with Crippen molar-refractivity contribution in [1.82, 2.24) is 14.7 Å². The number of carbonyl (C=O) groups excluding carboxylic acids is 1. The number of carbonyl (C=O) groups is 1. The summed E-state index contributed by atoms with van der Waals surface area (Å²) in [5.74, 6) is 0.135. The van der Waals surface area contributed by atoms with Gasteiger partial charge in [-0.15, -0.1) is 0 Å². The van der Waals surface area contributed by atoms with E-state index in [1.807, 2.05) is 22.7 Å². The topological polar surface area (TPSA) is 64.9 Å². The zero-order valence-corrected chi connectivity index (χ0v) is 17.1. The number of ketones is 1. The van der Waals surface area contributed by atoms with Crippen LogP contribution in [0, 0.1) is 5.92 Å². The quantitative estimate of drug-likeness (QED) is 0.531. The van der Waals surface area contributed by atoms with Gasteiger partial charge in [-0.1, -0.05) is 0 Å². The number of imidazole rings is 1. The highest BCUT2D eigenvalue weighted by Crippen LogP contribution is 2.40. The average Bonchev–Trinajstić information content (AvgIpc) is 3.41. The molecule has 5 rings (SSSR count). The molecule has 2 fully saturated rings. The van der Waals surface area contributed by atoms with Crippen LogP contribution in [0.2, 0.25) is 0 Å². The molecule has 2 aromatic heterocycles. The molecule has 3 heterocycles. The minimum atomic E-state index is -3.05. The Balaban J connectivity index is 1.57. The number of benzene rings is 1. The van der Waals surface area contributed by atoms with Gasteiger partial charge in [0.25, 0.3) is 0 Å². The Bertz CT molecular complexity index is 1140. The third kappa shape index (κ3) is 3.87. The molecule has 1 N–H and O–H groups in total. The number of methoxy groups -OCH3 is 1. The minimum Gasteiger partial charge on any atom is -0.496 e. The van der Waals surface area contributed by atoms with Crippen LogP contribution in [0.3, 0.4) is 0 Å². The van der Waals surface area contributed by atoms with Crippen LogP contribution < -0.4 is 14.8 Å². The van der Waals surface area contributed by atoms with Crippen LogP contribution in [-0.2, 0) is 0 Å². The van der Waals surface area contributed by atoms with E-state index in [-0.39, 0.29) is 22.8 Å². The lowest BCUT2D eigenvalue weighted by Gasteiger charge is -2.27. The first-order chi connectivity index (χ1) is 15.0. The predicted molar refractivity (Wildman–Crippen MR) is 111 cm³/mol. The number of halogens is 2. The SMILES string of the molecule is COc1cc(-c2cnc3cc(C4CCN4)ccn23)cc(OC(F)F)c1C(=O)CC1CC1. The zero-order valence-electron chi connectivity index (χ0n) is 17.1. The molecule has 1 atom stereocenters. The Morgan fingerprint density at radius 2 is 2.03 bits per heavy atom. The Kier molecular flexibility index (Phi) is 5.09. The van der Waals surface area contributed by atoms with Crippen LogP contribution in [0.4, 0.5) is 8.78 Å². The van der Waals surface area contributed by atoms with Crippen molar-refractivity contribution in [2.75, 3.05) is 13.7 Å². The summed E-state index contributed by atoms with van der Waals surface area (Å²) in [6.07, 6.45) is 6.96. The molecule has 3 aromatic rings. The van der Waals surface area contributed by atoms with Crippen LogP contribution in [0.5, 0.6) is 11.5 Å². The fourth-order valence-corrected chi connectivity index (χ4v) is 4.05. The lowest BCUT2D eigenvalue weighted by atomic mass is 9.99. The van der Waals surface area contributed by atoms with Crippen molar-refractivity contribution < 1.29 is 23.0 Å². The number of hydrogen-bond donors (Lipinski definition) is 1. The van der Waals surface area contributed by atoms with E-state index in [4.69, 9.17) is 9.47 Å². The summed E-state index contributed by atoms with van der Waals surface area (Å²) in [4.78, 5) is 17.3. The number of fused-ring (bicyclic) bond motifs is 1. The third-order valence-corrected chi connectivity index (χ3v) is 6.01. The number of ether oxygens (including phenoxy) is 2. The van der Waals surface area contributed by atoms with E-state index in [1.165, 1.54) is 13.2 Å². The van der Waals surface area contributed by atoms with Gasteiger partial charge < -0.3 is 14.8 Å². The monoisotopic (exact) mass is 427 g/mol. The number of Topliss-reactive ketones (excluding diaryl/α,β-unsaturated/α-hetero) is 1. The zero-order chi connectivity index (χ0) is 21.5. The highest BCUT2D eigenvalue weighted by Gasteiger charge is 2.30. The van der Waals surface area contributed by atoms with Gasteiger partial charge in [0.1, 0.15) is 22.7 Å². The Labute approximate surface area is 178 Å². The highest BCUT2D eigenvalue weighted by atomic mass is 19.3. The first kappa shape index (κ1) is 19.9. The lowest BCUT2D eigenvalue weighted by Crippen LogP contribution is -2.34. The summed E-state index contributed by atoms with van der Waals surface area (Å²) in [5, 5.41) is 3.37. The molecule has 2 aliphatic rings. The summed E-state index contributed by atoms with van der Waals surface area (Å²) in [7, 11) is 1.42. The summed E-state index contributed by atoms with van der Waals surface area (Å²) in [5.41, 5.74) is 3.27. The van der Waals surface area contributed by atoms with Gasteiger partial charge in [0.2, 0.25) is 0 Å². The van der Waals surface area contributed by atoms with Crippen LogP contribution in [0.15, 0.2) is 36.7 Å². The second-order valence-electron chi connectivity index (χ2n) is 8.13. The van der Waals surface area contributed by atoms with E-state index < -0.39 is 6.61 Å². The largest absolute Gasteiger partial charge is 0.496 e. The van der Waals surface area contributed by atoms with Crippen molar-refractivity contribution >= 4 is 11.4 Å². The van der Waals surface area contributed by atoms with Crippen LogP contribution >= 0.6 is 0 Å². The molecular weight excluding hydrogens is 404 g/mol.